The number of benzene rings is 1. The van der Waals surface area contributed by atoms with Crippen molar-refractivity contribution >= 4 is 17.3 Å². The van der Waals surface area contributed by atoms with Crippen LogP contribution in [0.2, 0.25) is 0 Å². The van der Waals surface area contributed by atoms with Gasteiger partial charge in [-0.25, -0.2) is 0 Å². The predicted molar refractivity (Wildman–Crippen MR) is 67.0 cm³/mol. The summed E-state index contributed by atoms with van der Waals surface area (Å²) < 4.78 is 0. The van der Waals surface area contributed by atoms with Crippen LogP contribution in [0.4, 0.5) is 11.4 Å². The number of hydrogen-bond donors (Lipinski definition) is 2. The van der Waals surface area contributed by atoms with Gasteiger partial charge in [-0.15, -0.1) is 0 Å². The van der Waals surface area contributed by atoms with E-state index in [2.05, 4.69) is 10.3 Å². The molecule has 0 unspecified atom stereocenters. The molecule has 7 heteroatoms. The monoisotopic (exact) mass is 259 g/mol. The molecule has 2 N–H and O–H groups in total. The minimum absolute atomic E-state index is 0.214. The predicted octanol–water partition coefficient (Wildman–Crippen LogP) is 1.95. The maximum atomic E-state index is 11.9. The molecule has 1 heterocycles. The quantitative estimate of drug-likeness (QED) is 0.647. The summed E-state index contributed by atoms with van der Waals surface area (Å²) in [6.45, 7) is 0. The Hall–Kier alpha value is -2.96. The fourth-order valence-corrected chi connectivity index (χ4v) is 1.50. The third-order valence-electron chi connectivity index (χ3n) is 2.34. The molecule has 0 spiro atoms. The van der Waals surface area contributed by atoms with E-state index < -0.39 is 10.8 Å². The largest absolute Gasteiger partial charge is 0.508 e. The second kappa shape index (κ2) is 5.13. The minimum atomic E-state index is -0.685. The second-order valence-corrected chi connectivity index (χ2v) is 3.65. The second-order valence-electron chi connectivity index (χ2n) is 3.65. The van der Waals surface area contributed by atoms with E-state index in [1.165, 1.54) is 12.4 Å². The lowest BCUT2D eigenvalue weighted by atomic mass is 10.1. The highest BCUT2D eigenvalue weighted by Gasteiger charge is 2.20. The number of rotatable bonds is 3. The number of phenolic OH excluding ortho intramolecular Hbond substituents is 1. The van der Waals surface area contributed by atoms with Crippen LogP contribution in [0.15, 0.2) is 42.7 Å². The zero-order valence-electron chi connectivity index (χ0n) is 9.61. The zero-order valence-corrected chi connectivity index (χ0v) is 9.61. The van der Waals surface area contributed by atoms with E-state index in [1.54, 1.807) is 12.1 Å². The summed E-state index contributed by atoms with van der Waals surface area (Å²) in [7, 11) is 0. The number of phenols is 1. The van der Waals surface area contributed by atoms with Crippen LogP contribution < -0.4 is 5.32 Å². The molecule has 0 atom stereocenters. The first-order valence-corrected chi connectivity index (χ1v) is 5.26. The number of hydrogen-bond acceptors (Lipinski definition) is 5. The van der Waals surface area contributed by atoms with Crippen molar-refractivity contribution in [3.8, 4) is 5.75 Å². The van der Waals surface area contributed by atoms with Gasteiger partial charge in [0.15, 0.2) is 0 Å². The Kier molecular flexibility index (Phi) is 3.37. The Morgan fingerprint density at radius 1 is 1.37 bits per heavy atom. The van der Waals surface area contributed by atoms with Gasteiger partial charge in [0.2, 0.25) is 0 Å². The molecule has 0 aliphatic carbocycles. The average molecular weight is 259 g/mol. The molecule has 0 saturated carbocycles. The van der Waals surface area contributed by atoms with Crippen molar-refractivity contribution < 1.29 is 14.8 Å². The molecule has 0 aliphatic heterocycles. The maximum absolute atomic E-state index is 11.9. The Balaban J connectivity index is 2.33. The number of nitrogens with zero attached hydrogens (tertiary/aromatic N) is 2. The Bertz CT molecular complexity index is 628. The number of carbonyl (C=O) groups is 1. The van der Waals surface area contributed by atoms with Gasteiger partial charge >= 0.3 is 0 Å². The number of aromatic nitrogens is 1. The number of carbonyl (C=O) groups excluding carboxylic acids is 1. The van der Waals surface area contributed by atoms with Gasteiger partial charge < -0.3 is 10.4 Å². The lowest BCUT2D eigenvalue weighted by molar-refractivity contribution is -0.385. The van der Waals surface area contributed by atoms with E-state index in [0.717, 1.165) is 18.2 Å². The molecule has 0 fully saturated rings. The van der Waals surface area contributed by atoms with Gasteiger partial charge in [0, 0.05) is 12.3 Å². The van der Waals surface area contributed by atoms with Crippen LogP contribution in [0.1, 0.15) is 10.4 Å². The smallest absolute Gasteiger partial charge is 0.282 e. The Morgan fingerprint density at radius 3 is 2.79 bits per heavy atom. The molecule has 2 aromatic rings. The first kappa shape index (κ1) is 12.5. The SMILES string of the molecule is O=C(Nc1cccnc1)c1cc(O)ccc1[N+](=O)[O-]. The summed E-state index contributed by atoms with van der Waals surface area (Å²) in [6.07, 6.45) is 2.94. The highest BCUT2D eigenvalue weighted by Crippen LogP contribution is 2.24. The normalized spacial score (nSPS) is 9.89. The fourth-order valence-electron chi connectivity index (χ4n) is 1.50. The number of nitrogens with one attached hydrogen (secondary N) is 1. The summed E-state index contributed by atoms with van der Waals surface area (Å²) in [6, 6.07) is 6.49. The number of anilines is 1. The number of amides is 1. The van der Waals surface area contributed by atoms with Crippen molar-refractivity contribution in [2.45, 2.75) is 0 Å². The van der Waals surface area contributed by atoms with Crippen LogP contribution in [-0.4, -0.2) is 20.9 Å². The van der Waals surface area contributed by atoms with Crippen LogP contribution in [0.5, 0.6) is 5.75 Å². The summed E-state index contributed by atoms with van der Waals surface area (Å²) in [5, 5.41) is 22.6. The minimum Gasteiger partial charge on any atom is -0.508 e. The molecule has 1 aromatic heterocycles. The first-order chi connectivity index (χ1) is 9.08. The fraction of sp³-hybridized carbons (Fsp3) is 0. The average Bonchev–Trinajstić information content (AvgIpc) is 2.39. The summed E-state index contributed by atoms with van der Waals surface area (Å²) in [5.41, 5.74) is -0.182. The van der Waals surface area contributed by atoms with E-state index in [1.807, 2.05) is 0 Å². The van der Waals surface area contributed by atoms with E-state index in [0.29, 0.717) is 5.69 Å². The number of nitro benzene ring substituents is 1. The van der Waals surface area contributed by atoms with Gasteiger partial charge in [-0.1, -0.05) is 0 Å². The molecule has 7 nitrogen and oxygen atoms in total. The van der Waals surface area contributed by atoms with Gasteiger partial charge in [0.25, 0.3) is 11.6 Å². The lowest BCUT2D eigenvalue weighted by Crippen LogP contribution is -2.13. The van der Waals surface area contributed by atoms with Crippen molar-refractivity contribution in [2.75, 3.05) is 5.32 Å². The van der Waals surface area contributed by atoms with Crippen molar-refractivity contribution in [3.05, 3.63) is 58.4 Å². The van der Waals surface area contributed by atoms with Crippen molar-refractivity contribution in [2.24, 2.45) is 0 Å². The highest BCUT2D eigenvalue weighted by molar-refractivity contribution is 6.07. The molecule has 1 aromatic carbocycles. The van der Waals surface area contributed by atoms with E-state index >= 15 is 0 Å². The third kappa shape index (κ3) is 2.83. The van der Waals surface area contributed by atoms with Crippen molar-refractivity contribution in [3.63, 3.8) is 0 Å². The lowest BCUT2D eigenvalue weighted by Gasteiger charge is -2.05. The first-order valence-electron chi connectivity index (χ1n) is 5.26. The molecule has 0 saturated heterocycles. The van der Waals surface area contributed by atoms with Gasteiger partial charge in [-0.2, -0.15) is 0 Å². The third-order valence-corrected chi connectivity index (χ3v) is 2.34. The van der Waals surface area contributed by atoms with Crippen LogP contribution in [0.3, 0.4) is 0 Å². The molecule has 96 valence electrons. The van der Waals surface area contributed by atoms with Gasteiger partial charge in [-0.3, -0.25) is 19.9 Å². The zero-order chi connectivity index (χ0) is 13.8. The molecule has 0 bridgehead atoms. The van der Waals surface area contributed by atoms with E-state index in [-0.39, 0.29) is 17.0 Å². The molecule has 1 amide bonds. The Labute approximate surface area is 107 Å². The van der Waals surface area contributed by atoms with Crippen LogP contribution in [0, 0.1) is 10.1 Å². The molecule has 2 rings (SSSR count). The topological polar surface area (TPSA) is 105 Å². The number of pyridine rings is 1. The molecular weight excluding hydrogens is 250 g/mol. The molecule has 0 radical (unpaired) electrons. The van der Waals surface area contributed by atoms with Crippen molar-refractivity contribution in [1.82, 2.24) is 4.98 Å². The summed E-state index contributed by atoms with van der Waals surface area (Å²) in [5.74, 6) is -0.905. The maximum Gasteiger partial charge on any atom is 0.282 e. The molecular formula is C12H9N3O4. The van der Waals surface area contributed by atoms with Crippen LogP contribution >= 0.6 is 0 Å². The van der Waals surface area contributed by atoms with Gasteiger partial charge in [0.1, 0.15) is 11.3 Å². The van der Waals surface area contributed by atoms with Crippen LogP contribution in [0.25, 0.3) is 0 Å². The standard InChI is InChI=1S/C12H9N3O4/c16-9-3-4-11(15(18)19)10(6-9)12(17)14-8-2-1-5-13-7-8/h1-7,16H,(H,14,17). The van der Waals surface area contributed by atoms with Gasteiger partial charge in [0.05, 0.1) is 16.8 Å². The molecule has 19 heavy (non-hydrogen) atoms. The van der Waals surface area contributed by atoms with Gasteiger partial charge in [-0.05, 0) is 24.3 Å². The van der Waals surface area contributed by atoms with Crippen LogP contribution in [-0.2, 0) is 0 Å². The Morgan fingerprint density at radius 2 is 2.16 bits per heavy atom. The van der Waals surface area contributed by atoms with Crippen molar-refractivity contribution in [1.29, 1.82) is 0 Å². The molecule has 0 aliphatic rings. The van der Waals surface area contributed by atoms with E-state index in [4.69, 9.17) is 0 Å². The number of aromatic hydroxyl groups is 1. The van der Waals surface area contributed by atoms with E-state index in [9.17, 15) is 20.0 Å². The highest BCUT2D eigenvalue weighted by atomic mass is 16.6. The summed E-state index contributed by atoms with van der Waals surface area (Å²) >= 11 is 0. The number of nitro groups is 1. The summed E-state index contributed by atoms with van der Waals surface area (Å²) in [4.78, 5) is 25.9.